The molecular weight excluding hydrogens is 302 g/mol. The highest BCUT2D eigenvalue weighted by Crippen LogP contribution is 2.25. The van der Waals surface area contributed by atoms with Gasteiger partial charge in [0, 0.05) is 24.4 Å². The summed E-state index contributed by atoms with van der Waals surface area (Å²) in [4.78, 5) is 36.6. The molecule has 2 aliphatic rings. The maximum atomic E-state index is 12.1. The first-order valence-electron chi connectivity index (χ1n) is 7.81. The molecule has 0 aromatic carbocycles. The van der Waals surface area contributed by atoms with Crippen LogP contribution in [0.1, 0.15) is 52.5 Å². The molecular formula is C15H21N3O3S. The molecule has 120 valence electrons. The fourth-order valence-corrected chi connectivity index (χ4v) is 4.06. The molecule has 0 bridgehead atoms. The van der Waals surface area contributed by atoms with E-state index in [1.165, 1.54) is 17.8 Å². The van der Waals surface area contributed by atoms with E-state index < -0.39 is 5.91 Å². The third kappa shape index (κ3) is 3.47. The first-order chi connectivity index (χ1) is 10.6. The standard InChI is InChI=1S/C15H21N3O3S/c1-18-8-7-11-12(9-18)22-14(16-11)13(19)17-21-15(20)10-5-3-2-4-6-10/h10H,2-9H2,1H3,(H,17,19). The lowest BCUT2D eigenvalue weighted by atomic mass is 9.89. The number of nitrogens with one attached hydrogen (secondary N) is 1. The molecule has 7 heteroatoms. The van der Waals surface area contributed by atoms with Crippen LogP contribution in [0.15, 0.2) is 0 Å². The van der Waals surface area contributed by atoms with Gasteiger partial charge >= 0.3 is 11.9 Å². The number of amides is 1. The van der Waals surface area contributed by atoms with Crippen LogP contribution in [0, 0.1) is 5.92 Å². The summed E-state index contributed by atoms with van der Waals surface area (Å²) < 4.78 is 0. The van der Waals surface area contributed by atoms with E-state index in [-0.39, 0.29) is 11.9 Å². The molecule has 1 N–H and O–H groups in total. The zero-order valence-corrected chi connectivity index (χ0v) is 13.6. The molecule has 1 aliphatic heterocycles. The molecule has 0 unspecified atom stereocenters. The van der Waals surface area contributed by atoms with Crippen LogP contribution in [0.4, 0.5) is 0 Å². The Morgan fingerprint density at radius 3 is 2.86 bits per heavy atom. The molecule has 6 nitrogen and oxygen atoms in total. The summed E-state index contributed by atoms with van der Waals surface area (Å²) in [5.41, 5.74) is 3.25. The number of fused-ring (bicyclic) bond motifs is 1. The molecule has 0 spiro atoms. The predicted molar refractivity (Wildman–Crippen MR) is 82.3 cm³/mol. The zero-order chi connectivity index (χ0) is 15.5. The summed E-state index contributed by atoms with van der Waals surface area (Å²) >= 11 is 1.38. The van der Waals surface area contributed by atoms with E-state index in [2.05, 4.69) is 15.4 Å². The second-order valence-electron chi connectivity index (χ2n) is 6.06. The second kappa shape index (κ2) is 6.75. The maximum absolute atomic E-state index is 12.1. The summed E-state index contributed by atoms with van der Waals surface area (Å²) in [6.45, 7) is 1.77. The largest absolute Gasteiger partial charge is 0.340 e. The van der Waals surface area contributed by atoms with Crippen LogP contribution in [0.25, 0.3) is 0 Å². The summed E-state index contributed by atoms with van der Waals surface area (Å²) in [5, 5.41) is 0.372. The lowest BCUT2D eigenvalue weighted by Crippen LogP contribution is -2.31. The van der Waals surface area contributed by atoms with Gasteiger partial charge in [-0.2, -0.15) is 5.48 Å². The van der Waals surface area contributed by atoms with Crippen LogP contribution >= 0.6 is 11.3 Å². The van der Waals surface area contributed by atoms with Crippen molar-refractivity contribution in [3.8, 4) is 0 Å². The van der Waals surface area contributed by atoms with Gasteiger partial charge in [-0.3, -0.25) is 4.79 Å². The van der Waals surface area contributed by atoms with Gasteiger partial charge in [-0.1, -0.05) is 19.3 Å². The summed E-state index contributed by atoms with van der Waals surface area (Å²) in [6.07, 6.45) is 5.85. The van der Waals surface area contributed by atoms with Gasteiger partial charge in [-0.05, 0) is 19.9 Å². The quantitative estimate of drug-likeness (QED) is 0.842. The number of nitrogens with zero attached hydrogens (tertiary/aromatic N) is 2. The van der Waals surface area contributed by atoms with Crippen molar-refractivity contribution in [1.82, 2.24) is 15.4 Å². The van der Waals surface area contributed by atoms with Crippen LogP contribution in [0.3, 0.4) is 0 Å². The average Bonchev–Trinajstić information content (AvgIpc) is 2.96. The molecule has 2 heterocycles. The molecule has 1 aliphatic carbocycles. The van der Waals surface area contributed by atoms with Gasteiger partial charge in [-0.15, -0.1) is 11.3 Å². The van der Waals surface area contributed by atoms with Crippen LogP contribution in [0.5, 0.6) is 0 Å². The maximum Gasteiger partial charge on any atom is 0.335 e. The summed E-state index contributed by atoms with van der Waals surface area (Å²) in [5.74, 6) is -0.826. The summed E-state index contributed by atoms with van der Waals surface area (Å²) in [6, 6.07) is 0. The zero-order valence-electron chi connectivity index (χ0n) is 12.8. The minimum Gasteiger partial charge on any atom is -0.340 e. The van der Waals surface area contributed by atoms with Crippen molar-refractivity contribution in [1.29, 1.82) is 0 Å². The number of hydrogen-bond donors (Lipinski definition) is 1. The highest BCUT2D eigenvalue weighted by Gasteiger charge is 2.25. The monoisotopic (exact) mass is 323 g/mol. The number of likely N-dealkylation sites (N-methyl/N-ethyl adjacent to an activating group) is 1. The van der Waals surface area contributed by atoms with Gasteiger partial charge in [0.25, 0.3) is 0 Å². The molecule has 0 saturated heterocycles. The van der Waals surface area contributed by atoms with E-state index in [9.17, 15) is 9.59 Å². The van der Waals surface area contributed by atoms with Gasteiger partial charge in [0.05, 0.1) is 11.6 Å². The van der Waals surface area contributed by atoms with Crippen molar-refractivity contribution in [3.63, 3.8) is 0 Å². The Morgan fingerprint density at radius 2 is 2.09 bits per heavy atom. The van der Waals surface area contributed by atoms with Crippen molar-refractivity contribution in [2.45, 2.75) is 45.1 Å². The molecule has 1 fully saturated rings. The van der Waals surface area contributed by atoms with Crippen molar-refractivity contribution in [3.05, 3.63) is 15.6 Å². The minimum absolute atomic E-state index is 0.0767. The van der Waals surface area contributed by atoms with Crippen LogP contribution in [0.2, 0.25) is 0 Å². The van der Waals surface area contributed by atoms with E-state index in [0.717, 1.165) is 55.8 Å². The Labute approximate surface area is 133 Å². The molecule has 3 rings (SSSR count). The molecule has 0 atom stereocenters. The Balaban J connectivity index is 1.54. The van der Waals surface area contributed by atoms with Crippen molar-refractivity contribution < 1.29 is 14.4 Å². The molecule has 22 heavy (non-hydrogen) atoms. The Bertz CT molecular complexity index is 566. The molecule has 1 aromatic heterocycles. The fourth-order valence-electron chi connectivity index (χ4n) is 2.98. The predicted octanol–water partition coefficient (Wildman–Crippen LogP) is 1.90. The Hall–Kier alpha value is -1.47. The third-order valence-corrected chi connectivity index (χ3v) is 5.38. The van der Waals surface area contributed by atoms with Gasteiger partial charge < -0.3 is 9.74 Å². The van der Waals surface area contributed by atoms with Crippen LogP contribution < -0.4 is 5.48 Å². The normalized spacial score (nSPS) is 19.5. The van der Waals surface area contributed by atoms with E-state index >= 15 is 0 Å². The second-order valence-corrected chi connectivity index (χ2v) is 7.15. The van der Waals surface area contributed by atoms with E-state index in [1.807, 2.05) is 7.05 Å². The van der Waals surface area contributed by atoms with Crippen molar-refractivity contribution in [2.24, 2.45) is 5.92 Å². The molecule has 0 radical (unpaired) electrons. The van der Waals surface area contributed by atoms with Gasteiger partial charge in [0.15, 0.2) is 5.01 Å². The summed E-state index contributed by atoms with van der Waals surface area (Å²) in [7, 11) is 2.05. The SMILES string of the molecule is CN1CCc2nc(C(=O)NOC(=O)C3CCCCC3)sc2C1. The first-order valence-corrected chi connectivity index (χ1v) is 8.63. The molecule has 1 saturated carbocycles. The number of hydrogen-bond acceptors (Lipinski definition) is 6. The topological polar surface area (TPSA) is 71.5 Å². The number of carbonyl (C=O) groups is 2. The van der Waals surface area contributed by atoms with E-state index in [4.69, 9.17) is 4.84 Å². The lowest BCUT2D eigenvalue weighted by Gasteiger charge is -2.20. The number of aromatic nitrogens is 1. The van der Waals surface area contributed by atoms with E-state index in [0.29, 0.717) is 5.01 Å². The Kier molecular flexibility index (Phi) is 4.73. The van der Waals surface area contributed by atoms with E-state index in [1.54, 1.807) is 0 Å². The highest BCUT2D eigenvalue weighted by atomic mass is 32.1. The minimum atomic E-state index is -0.425. The van der Waals surface area contributed by atoms with Crippen molar-refractivity contribution >= 4 is 23.2 Å². The number of hydroxylamine groups is 1. The van der Waals surface area contributed by atoms with Gasteiger partial charge in [0.1, 0.15) is 0 Å². The lowest BCUT2D eigenvalue weighted by molar-refractivity contribution is -0.155. The van der Waals surface area contributed by atoms with Gasteiger partial charge in [0.2, 0.25) is 0 Å². The van der Waals surface area contributed by atoms with Crippen LogP contribution in [-0.4, -0.2) is 35.4 Å². The molecule has 1 aromatic rings. The average molecular weight is 323 g/mol. The Morgan fingerprint density at radius 1 is 1.32 bits per heavy atom. The fraction of sp³-hybridized carbons (Fsp3) is 0.667. The number of rotatable bonds is 2. The number of carbonyl (C=O) groups excluding carboxylic acids is 2. The van der Waals surface area contributed by atoms with Gasteiger partial charge in [-0.25, -0.2) is 9.78 Å². The van der Waals surface area contributed by atoms with Crippen LogP contribution in [-0.2, 0) is 22.6 Å². The number of thiazole rings is 1. The van der Waals surface area contributed by atoms with Crippen molar-refractivity contribution in [2.75, 3.05) is 13.6 Å². The highest BCUT2D eigenvalue weighted by molar-refractivity contribution is 7.13. The third-order valence-electron chi connectivity index (χ3n) is 4.30. The molecule has 1 amide bonds. The first kappa shape index (κ1) is 15.4. The smallest absolute Gasteiger partial charge is 0.335 e.